The molecular weight excluding hydrogens is 354 g/mol. The predicted molar refractivity (Wildman–Crippen MR) is 86.0 cm³/mol. The van der Waals surface area contributed by atoms with Crippen LogP contribution in [0.5, 0.6) is 5.75 Å². The van der Waals surface area contributed by atoms with E-state index in [4.69, 9.17) is 0 Å². The number of rotatable bonds is 2. The van der Waals surface area contributed by atoms with Crippen molar-refractivity contribution < 1.29 is 9.90 Å². The zero-order valence-electron chi connectivity index (χ0n) is 11.2. The van der Waals surface area contributed by atoms with Crippen LogP contribution in [0.4, 0.5) is 5.82 Å². The Bertz CT molecular complexity index is 636. The first-order valence-electron chi connectivity index (χ1n) is 6.58. The number of thiophene rings is 1. The van der Waals surface area contributed by atoms with Gasteiger partial charge in [-0.3, -0.25) is 4.79 Å². The minimum atomic E-state index is 0.0871. The Morgan fingerprint density at radius 2 is 1.95 bits per heavy atom. The molecule has 1 aliphatic heterocycles. The average molecular weight is 368 g/mol. The van der Waals surface area contributed by atoms with Gasteiger partial charge in [0.05, 0.1) is 14.9 Å². The van der Waals surface area contributed by atoms with E-state index in [0.717, 1.165) is 27.6 Å². The molecule has 2 aromatic heterocycles. The highest BCUT2D eigenvalue weighted by molar-refractivity contribution is 9.11. The summed E-state index contributed by atoms with van der Waals surface area (Å²) in [5.74, 6) is 1.08. The van der Waals surface area contributed by atoms with Crippen LogP contribution in [0, 0.1) is 0 Å². The van der Waals surface area contributed by atoms with E-state index in [0.29, 0.717) is 13.1 Å². The molecule has 0 unspecified atom stereocenters. The molecule has 3 rings (SSSR count). The molecule has 0 radical (unpaired) electrons. The van der Waals surface area contributed by atoms with Crippen molar-refractivity contribution in [2.45, 2.75) is 0 Å². The van der Waals surface area contributed by atoms with Crippen LogP contribution >= 0.6 is 27.3 Å². The maximum atomic E-state index is 12.3. The molecule has 21 heavy (non-hydrogen) atoms. The van der Waals surface area contributed by atoms with Gasteiger partial charge in [0.2, 0.25) is 0 Å². The molecule has 1 saturated heterocycles. The van der Waals surface area contributed by atoms with Gasteiger partial charge in [-0.05, 0) is 40.2 Å². The summed E-state index contributed by atoms with van der Waals surface area (Å²) in [4.78, 5) is 21.3. The molecule has 0 bridgehead atoms. The van der Waals surface area contributed by atoms with Gasteiger partial charge in [0.1, 0.15) is 11.6 Å². The number of carbonyl (C=O) groups is 1. The summed E-state index contributed by atoms with van der Waals surface area (Å²) in [5, 5.41) is 9.26. The van der Waals surface area contributed by atoms with E-state index in [9.17, 15) is 9.90 Å². The smallest absolute Gasteiger partial charge is 0.264 e. The lowest BCUT2D eigenvalue weighted by Gasteiger charge is -2.35. The molecule has 0 atom stereocenters. The summed E-state index contributed by atoms with van der Waals surface area (Å²) in [6.45, 7) is 2.85. The van der Waals surface area contributed by atoms with E-state index in [1.165, 1.54) is 17.5 Å². The fourth-order valence-electron chi connectivity index (χ4n) is 2.29. The molecule has 0 aromatic carbocycles. The van der Waals surface area contributed by atoms with Gasteiger partial charge in [-0.2, -0.15) is 0 Å². The topological polar surface area (TPSA) is 56.7 Å². The number of piperazine rings is 1. The first-order chi connectivity index (χ1) is 10.1. The number of pyridine rings is 1. The monoisotopic (exact) mass is 367 g/mol. The Labute approximate surface area is 135 Å². The number of aromatic nitrogens is 1. The van der Waals surface area contributed by atoms with Gasteiger partial charge < -0.3 is 14.9 Å². The molecule has 0 saturated carbocycles. The van der Waals surface area contributed by atoms with Crippen LogP contribution in [0.15, 0.2) is 34.2 Å². The van der Waals surface area contributed by atoms with E-state index in [1.807, 2.05) is 17.0 Å². The minimum Gasteiger partial charge on any atom is -0.506 e. The molecule has 5 nitrogen and oxygen atoms in total. The second-order valence-corrected chi connectivity index (χ2v) is 7.22. The Balaban J connectivity index is 1.62. The van der Waals surface area contributed by atoms with Crippen LogP contribution in [0.2, 0.25) is 0 Å². The number of hydrogen-bond acceptors (Lipinski definition) is 5. The van der Waals surface area contributed by atoms with Gasteiger partial charge in [0.25, 0.3) is 5.91 Å². The molecule has 1 aliphatic rings. The lowest BCUT2D eigenvalue weighted by Crippen LogP contribution is -2.48. The van der Waals surface area contributed by atoms with Crippen LogP contribution < -0.4 is 4.90 Å². The van der Waals surface area contributed by atoms with Gasteiger partial charge in [-0.1, -0.05) is 0 Å². The van der Waals surface area contributed by atoms with Crippen LogP contribution in [-0.2, 0) is 0 Å². The summed E-state index contributed by atoms with van der Waals surface area (Å²) in [5.41, 5.74) is 0. The highest BCUT2D eigenvalue weighted by Gasteiger charge is 2.23. The lowest BCUT2D eigenvalue weighted by atomic mass is 10.3. The van der Waals surface area contributed by atoms with Crippen molar-refractivity contribution in [1.29, 1.82) is 0 Å². The SMILES string of the molecule is O=C(c1ccc(Br)s1)N1CCN(c2ccc(O)cn2)CC1. The van der Waals surface area contributed by atoms with Crippen molar-refractivity contribution in [2.75, 3.05) is 31.1 Å². The van der Waals surface area contributed by atoms with Crippen LogP contribution in [0.1, 0.15) is 9.67 Å². The van der Waals surface area contributed by atoms with E-state index in [2.05, 4.69) is 25.8 Å². The number of amides is 1. The maximum Gasteiger partial charge on any atom is 0.264 e. The lowest BCUT2D eigenvalue weighted by molar-refractivity contribution is 0.0751. The second kappa shape index (κ2) is 6.03. The van der Waals surface area contributed by atoms with Gasteiger partial charge in [0, 0.05) is 26.2 Å². The van der Waals surface area contributed by atoms with E-state index < -0.39 is 0 Å². The predicted octanol–water partition coefficient (Wildman–Crippen LogP) is 2.57. The number of anilines is 1. The van der Waals surface area contributed by atoms with Crippen LogP contribution in [-0.4, -0.2) is 47.1 Å². The van der Waals surface area contributed by atoms with Gasteiger partial charge in [-0.15, -0.1) is 11.3 Å². The van der Waals surface area contributed by atoms with Crippen molar-refractivity contribution in [2.24, 2.45) is 0 Å². The van der Waals surface area contributed by atoms with Gasteiger partial charge in [-0.25, -0.2) is 4.98 Å². The second-order valence-electron chi connectivity index (χ2n) is 4.76. The van der Waals surface area contributed by atoms with E-state index >= 15 is 0 Å². The fourth-order valence-corrected chi connectivity index (χ4v) is 3.64. The zero-order chi connectivity index (χ0) is 14.8. The first-order valence-corrected chi connectivity index (χ1v) is 8.19. The fraction of sp³-hybridized carbons (Fsp3) is 0.286. The largest absolute Gasteiger partial charge is 0.506 e. The first kappa shape index (κ1) is 14.3. The average Bonchev–Trinajstić information content (AvgIpc) is 2.94. The zero-order valence-corrected chi connectivity index (χ0v) is 13.6. The number of halogens is 1. The van der Waals surface area contributed by atoms with Crippen molar-refractivity contribution in [1.82, 2.24) is 9.88 Å². The molecule has 3 heterocycles. The molecule has 0 spiro atoms. The van der Waals surface area contributed by atoms with E-state index in [-0.39, 0.29) is 11.7 Å². The van der Waals surface area contributed by atoms with Gasteiger partial charge in [0.15, 0.2) is 0 Å². The standard InChI is InChI=1S/C14H14BrN3O2S/c15-12-3-2-11(21-12)14(20)18-7-5-17(6-8-18)13-4-1-10(19)9-16-13/h1-4,9,19H,5-8H2. The Morgan fingerprint density at radius 1 is 1.19 bits per heavy atom. The summed E-state index contributed by atoms with van der Waals surface area (Å²) in [6.07, 6.45) is 1.44. The third-order valence-corrected chi connectivity index (χ3v) is 5.02. The normalized spacial score (nSPS) is 15.3. The minimum absolute atomic E-state index is 0.0871. The summed E-state index contributed by atoms with van der Waals surface area (Å²) >= 11 is 4.84. The molecule has 110 valence electrons. The molecule has 1 N–H and O–H groups in total. The van der Waals surface area contributed by atoms with E-state index in [1.54, 1.807) is 12.1 Å². The molecule has 1 amide bonds. The van der Waals surface area contributed by atoms with Gasteiger partial charge >= 0.3 is 0 Å². The summed E-state index contributed by atoms with van der Waals surface area (Å²) in [6, 6.07) is 7.17. The van der Waals surface area contributed by atoms with Crippen molar-refractivity contribution in [3.05, 3.63) is 39.1 Å². The van der Waals surface area contributed by atoms with Crippen molar-refractivity contribution >= 4 is 39.0 Å². The molecule has 7 heteroatoms. The van der Waals surface area contributed by atoms with Crippen LogP contribution in [0.3, 0.4) is 0 Å². The summed E-state index contributed by atoms with van der Waals surface area (Å²) in [7, 11) is 0. The maximum absolute atomic E-state index is 12.3. The van der Waals surface area contributed by atoms with Crippen molar-refractivity contribution in [3.8, 4) is 5.75 Å². The third-order valence-electron chi connectivity index (χ3n) is 3.41. The summed E-state index contributed by atoms with van der Waals surface area (Å²) < 4.78 is 0.970. The third kappa shape index (κ3) is 3.19. The van der Waals surface area contributed by atoms with Crippen LogP contribution in [0.25, 0.3) is 0 Å². The highest BCUT2D eigenvalue weighted by atomic mass is 79.9. The number of nitrogens with zero attached hydrogens (tertiary/aromatic N) is 3. The Kier molecular flexibility index (Phi) is 4.12. The molecular formula is C14H14BrN3O2S. The van der Waals surface area contributed by atoms with Crippen molar-refractivity contribution in [3.63, 3.8) is 0 Å². The number of aromatic hydroxyl groups is 1. The molecule has 2 aromatic rings. The number of carbonyl (C=O) groups excluding carboxylic acids is 1. The Hall–Kier alpha value is -1.60. The molecule has 1 fully saturated rings. The Morgan fingerprint density at radius 3 is 2.52 bits per heavy atom. The highest BCUT2D eigenvalue weighted by Crippen LogP contribution is 2.24. The quantitative estimate of drug-likeness (QED) is 0.885. The number of hydrogen-bond donors (Lipinski definition) is 1. The molecule has 0 aliphatic carbocycles.